The smallest absolute Gasteiger partial charge is 0.319 e. The van der Waals surface area contributed by atoms with Crippen LogP contribution in [0.2, 0.25) is 0 Å². The molecular formula is C9H19IN2O4. The van der Waals surface area contributed by atoms with E-state index >= 15 is 0 Å². The number of hydrogen-bond acceptors (Lipinski definition) is 5. The van der Waals surface area contributed by atoms with E-state index in [4.69, 9.17) is 10.1 Å². The van der Waals surface area contributed by atoms with Crippen molar-refractivity contribution in [1.29, 1.82) is 5.41 Å². The van der Waals surface area contributed by atoms with Gasteiger partial charge in [-0.1, -0.05) is 0 Å². The molecule has 0 rings (SSSR count). The maximum Gasteiger partial charge on any atom is 0.319 e. The first-order valence-corrected chi connectivity index (χ1v) is 4.61. The van der Waals surface area contributed by atoms with Gasteiger partial charge in [0.2, 0.25) is 0 Å². The van der Waals surface area contributed by atoms with Crippen LogP contribution in [0.3, 0.4) is 0 Å². The molecule has 1 unspecified atom stereocenters. The molecule has 0 aliphatic heterocycles. The average molecular weight is 346 g/mol. The van der Waals surface area contributed by atoms with Crippen molar-refractivity contribution in [2.24, 2.45) is 0 Å². The Kier molecular flexibility index (Phi) is 8.53. The first kappa shape index (κ1) is 17.8. The number of rotatable bonds is 5. The molecule has 0 amide bonds. The highest BCUT2D eigenvalue weighted by atomic mass is 127. The lowest BCUT2D eigenvalue weighted by molar-refractivity contribution is -0.870. The predicted molar refractivity (Wildman–Crippen MR) is 67.5 cm³/mol. The van der Waals surface area contributed by atoms with Crippen LogP contribution < -0.4 is 5.11 Å². The van der Waals surface area contributed by atoms with Crippen LogP contribution in [0.25, 0.3) is 0 Å². The quantitative estimate of drug-likeness (QED) is 0.240. The second-order valence-corrected chi connectivity index (χ2v) is 4.23. The van der Waals surface area contributed by atoms with Crippen molar-refractivity contribution in [2.45, 2.75) is 13.0 Å². The Labute approximate surface area is 113 Å². The van der Waals surface area contributed by atoms with Gasteiger partial charge in [0.1, 0.15) is 25.3 Å². The fraction of sp³-hybridized carbons (Fsp3) is 0.778. The van der Waals surface area contributed by atoms with Gasteiger partial charge in [-0.3, -0.25) is 10.2 Å². The minimum absolute atomic E-state index is 0. The zero-order chi connectivity index (χ0) is 12.1. The van der Waals surface area contributed by atoms with E-state index < -0.39 is 18.2 Å². The van der Waals surface area contributed by atoms with Gasteiger partial charge in [-0.15, -0.1) is 24.0 Å². The number of carbonyl (C=O) groups excluding carboxylic acids is 1. The summed E-state index contributed by atoms with van der Waals surface area (Å²) in [4.78, 5) is 11.2. The van der Waals surface area contributed by atoms with Crippen LogP contribution in [0.15, 0.2) is 0 Å². The van der Waals surface area contributed by atoms with Gasteiger partial charge in [-0.25, -0.2) is 0 Å². The highest BCUT2D eigenvalue weighted by molar-refractivity contribution is 14.0. The summed E-state index contributed by atoms with van der Waals surface area (Å²) in [5, 5.41) is 16.7. The van der Waals surface area contributed by atoms with Crippen LogP contribution in [0.4, 0.5) is 0 Å². The first-order chi connectivity index (χ1) is 6.72. The fourth-order valence-electron chi connectivity index (χ4n) is 0.746. The molecule has 0 spiro atoms. The monoisotopic (exact) mass is 346 g/mol. The Morgan fingerprint density at radius 3 is 2.31 bits per heavy atom. The van der Waals surface area contributed by atoms with Crippen molar-refractivity contribution < 1.29 is 23.9 Å². The van der Waals surface area contributed by atoms with Crippen LogP contribution in [0.1, 0.15) is 6.92 Å². The number of carbonyl (C=O) groups is 1. The number of nitrogens with zero attached hydrogens (tertiary/aromatic N) is 1. The van der Waals surface area contributed by atoms with E-state index in [1.807, 2.05) is 21.1 Å². The van der Waals surface area contributed by atoms with Crippen LogP contribution in [-0.2, 0) is 14.3 Å². The molecule has 0 saturated heterocycles. The van der Waals surface area contributed by atoms with E-state index in [9.17, 15) is 9.90 Å². The molecule has 0 radical (unpaired) electrons. The van der Waals surface area contributed by atoms with E-state index in [-0.39, 0.29) is 30.6 Å². The predicted octanol–water partition coefficient (Wildman–Crippen LogP) is -0.446. The summed E-state index contributed by atoms with van der Waals surface area (Å²) in [6.45, 7) is 2.32. The maximum atomic E-state index is 11.2. The Balaban J connectivity index is 0. The van der Waals surface area contributed by atoms with Gasteiger partial charge in [0.25, 0.3) is 0 Å². The van der Waals surface area contributed by atoms with E-state index in [0.29, 0.717) is 11.0 Å². The van der Waals surface area contributed by atoms with E-state index in [1.165, 1.54) is 6.92 Å². The summed E-state index contributed by atoms with van der Waals surface area (Å²) < 4.78 is 9.89. The summed E-state index contributed by atoms with van der Waals surface area (Å²) >= 11 is 0. The molecule has 16 heavy (non-hydrogen) atoms. The molecule has 0 fully saturated rings. The van der Waals surface area contributed by atoms with E-state index in [1.54, 1.807) is 0 Å². The van der Waals surface area contributed by atoms with Crippen LogP contribution in [0.5, 0.6) is 0 Å². The zero-order valence-electron chi connectivity index (χ0n) is 9.98. The topological polar surface area (TPSA) is 82.4 Å². The van der Waals surface area contributed by atoms with Gasteiger partial charge in [-0.2, -0.15) is 0 Å². The van der Waals surface area contributed by atoms with Crippen LogP contribution in [0, 0.1) is 5.41 Å². The van der Waals surface area contributed by atoms with E-state index in [2.05, 4.69) is 4.74 Å². The molecule has 1 N–H and O–H groups in total. The Morgan fingerprint density at radius 1 is 1.44 bits per heavy atom. The molecule has 0 aromatic carbocycles. The second kappa shape index (κ2) is 7.66. The third-order valence-corrected chi connectivity index (χ3v) is 1.62. The molecule has 1 atom stereocenters. The third-order valence-electron chi connectivity index (χ3n) is 1.62. The highest BCUT2D eigenvalue weighted by Crippen LogP contribution is 1.96. The molecule has 7 heteroatoms. The number of ether oxygens (including phenoxy) is 2. The second-order valence-electron chi connectivity index (χ2n) is 4.23. The molecule has 0 bridgehead atoms. The summed E-state index contributed by atoms with van der Waals surface area (Å²) in [5.74, 6) is -0.621. The number of nitrogens with one attached hydrogen (secondary N) is 1. The van der Waals surface area contributed by atoms with Gasteiger partial charge >= 0.3 is 5.97 Å². The van der Waals surface area contributed by atoms with Crippen molar-refractivity contribution in [2.75, 3.05) is 34.3 Å². The molecule has 0 heterocycles. The average Bonchev–Trinajstić information content (AvgIpc) is 2.00. The molecule has 6 nitrogen and oxygen atoms in total. The SMILES string of the molecule is CC(OC(=N)[O-])C(=O)OCC[N+](C)(C)C.I. The van der Waals surface area contributed by atoms with Gasteiger partial charge in [0.05, 0.1) is 21.1 Å². The van der Waals surface area contributed by atoms with Gasteiger partial charge in [0, 0.05) is 0 Å². The normalized spacial score (nSPS) is 12.2. The molecule has 0 aromatic rings. The molecular weight excluding hydrogens is 327 g/mol. The van der Waals surface area contributed by atoms with Crippen molar-refractivity contribution in [1.82, 2.24) is 0 Å². The molecule has 0 saturated carbocycles. The standard InChI is InChI=1S/C9H18N2O4.HI/c1-7(15-9(10)13)8(12)14-6-5-11(2,3)4;/h7H,5-6H2,1-4H3,(H-,10,13);1H. The Morgan fingerprint density at radius 2 is 1.94 bits per heavy atom. The number of esters is 1. The maximum absolute atomic E-state index is 11.2. The molecule has 0 aliphatic rings. The lowest BCUT2D eigenvalue weighted by Crippen LogP contribution is -2.39. The van der Waals surface area contributed by atoms with Crippen LogP contribution in [-0.4, -0.2) is 56.9 Å². The van der Waals surface area contributed by atoms with Crippen LogP contribution >= 0.6 is 24.0 Å². The van der Waals surface area contributed by atoms with Crippen molar-refractivity contribution >= 4 is 36.0 Å². The molecule has 0 aromatic heterocycles. The van der Waals surface area contributed by atoms with E-state index in [0.717, 1.165) is 0 Å². The number of halogens is 1. The summed E-state index contributed by atoms with van der Waals surface area (Å²) in [6, 6.07) is 0. The summed E-state index contributed by atoms with van der Waals surface area (Å²) in [5.41, 5.74) is 0. The number of likely N-dealkylation sites (N-methyl/N-ethyl adjacent to an activating group) is 1. The lowest BCUT2D eigenvalue weighted by atomic mass is 10.4. The van der Waals surface area contributed by atoms with Crippen molar-refractivity contribution in [3.05, 3.63) is 0 Å². The highest BCUT2D eigenvalue weighted by Gasteiger charge is 2.13. The van der Waals surface area contributed by atoms with Crippen molar-refractivity contribution in [3.8, 4) is 0 Å². The minimum Gasteiger partial charge on any atom is -0.586 e. The fourth-order valence-corrected chi connectivity index (χ4v) is 0.746. The third kappa shape index (κ3) is 9.97. The Bertz CT molecular complexity index is 240. The molecule has 96 valence electrons. The number of quaternary nitrogens is 1. The number of hydrogen-bond donors (Lipinski definition) is 1. The van der Waals surface area contributed by atoms with Crippen molar-refractivity contribution in [3.63, 3.8) is 0 Å². The largest absolute Gasteiger partial charge is 0.586 e. The zero-order valence-corrected chi connectivity index (χ0v) is 12.3. The van der Waals surface area contributed by atoms with Gasteiger partial charge in [0.15, 0.2) is 0 Å². The first-order valence-electron chi connectivity index (χ1n) is 4.61. The van der Waals surface area contributed by atoms with Gasteiger partial charge in [-0.05, 0) is 6.92 Å². The van der Waals surface area contributed by atoms with Gasteiger partial charge < -0.3 is 19.1 Å². The molecule has 0 aliphatic carbocycles. The summed E-state index contributed by atoms with van der Waals surface area (Å²) in [6.07, 6.45) is -2.24. The lowest BCUT2D eigenvalue weighted by Gasteiger charge is -2.24. The summed E-state index contributed by atoms with van der Waals surface area (Å²) in [7, 11) is 5.92. The minimum atomic E-state index is -1.23. The Hall–Kier alpha value is -0.570.